The first kappa shape index (κ1) is 13.5. The van der Waals surface area contributed by atoms with Crippen molar-refractivity contribution in [2.75, 3.05) is 31.0 Å². The van der Waals surface area contributed by atoms with Gasteiger partial charge in [-0.2, -0.15) is 0 Å². The molecule has 0 aliphatic carbocycles. The van der Waals surface area contributed by atoms with E-state index in [2.05, 4.69) is 22.0 Å². The molecule has 1 atom stereocenters. The summed E-state index contributed by atoms with van der Waals surface area (Å²) in [5, 5.41) is 2.35. The Balaban J connectivity index is 2.01. The molecule has 20 heavy (non-hydrogen) atoms. The Kier molecular flexibility index (Phi) is 3.97. The van der Waals surface area contributed by atoms with Crippen LogP contribution in [-0.2, 0) is 0 Å². The van der Waals surface area contributed by atoms with Crippen molar-refractivity contribution in [3.63, 3.8) is 0 Å². The molecule has 0 saturated carbocycles. The van der Waals surface area contributed by atoms with Gasteiger partial charge in [-0.1, -0.05) is 6.07 Å². The molecular weight excluding hydrogens is 272 g/mol. The quantitative estimate of drug-likeness (QED) is 0.806. The van der Waals surface area contributed by atoms with Crippen LogP contribution in [0.4, 0.5) is 5.82 Å². The molecular formula is C16H19ClN2O. The van der Waals surface area contributed by atoms with Crippen molar-refractivity contribution in [2.24, 2.45) is 5.92 Å². The van der Waals surface area contributed by atoms with Gasteiger partial charge in [-0.15, -0.1) is 11.6 Å². The first-order chi connectivity index (χ1) is 9.81. The van der Waals surface area contributed by atoms with Gasteiger partial charge in [-0.25, -0.2) is 4.98 Å². The van der Waals surface area contributed by atoms with Crippen LogP contribution < -0.4 is 9.64 Å². The van der Waals surface area contributed by atoms with Crippen LogP contribution in [0.2, 0.25) is 0 Å². The molecule has 1 aromatic carbocycles. The number of nitrogens with zero attached hydrogens (tertiary/aromatic N) is 2. The Bertz CT molecular complexity index is 602. The number of alkyl halides is 1. The standard InChI is InChI=1S/C16H19ClN2O/c1-20-14-5-4-13-6-7-18-16(15(13)9-14)19-8-2-3-12(10-17)11-19/h4-7,9,12H,2-3,8,10-11H2,1H3. The molecule has 0 spiro atoms. The Labute approximate surface area is 124 Å². The van der Waals surface area contributed by atoms with Gasteiger partial charge < -0.3 is 9.64 Å². The zero-order chi connectivity index (χ0) is 13.9. The molecule has 1 fully saturated rings. The SMILES string of the molecule is COc1ccc2ccnc(N3CCCC(CCl)C3)c2c1. The van der Waals surface area contributed by atoms with Crippen LogP contribution in [0.15, 0.2) is 30.5 Å². The number of hydrogen-bond acceptors (Lipinski definition) is 3. The van der Waals surface area contributed by atoms with E-state index in [-0.39, 0.29) is 0 Å². The molecule has 2 heterocycles. The number of ether oxygens (including phenoxy) is 1. The third-order valence-electron chi connectivity index (χ3n) is 3.99. The highest BCUT2D eigenvalue weighted by Gasteiger charge is 2.21. The van der Waals surface area contributed by atoms with Crippen molar-refractivity contribution < 1.29 is 4.74 Å². The molecule has 3 nitrogen and oxygen atoms in total. The Morgan fingerprint density at radius 1 is 1.40 bits per heavy atom. The van der Waals surface area contributed by atoms with E-state index in [1.54, 1.807) is 7.11 Å². The Hall–Kier alpha value is -1.48. The van der Waals surface area contributed by atoms with Crippen LogP contribution in [-0.4, -0.2) is 31.1 Å². The molecule has 0 radical (unpaired) electrons. The second-order valence-electron chi connectivity index (χ2n) is 5.33. The lowest BCUT2D eigenvalue weighted by Gasteiger charge is -2.33. The van der Waals surface area contributed by atoms with Gasteiger partial charge in [0.1, 0.15) is 11.6 Å². The summed E-state index contributed by atoms with van der Waals surface area (Å²) in [4.78, 5) is 6.96. The van der Waals surface area contributed by atoms with E-state index in [1.807, 2.05) is 18.3 Å². The number of pyridine rings is 1. The second-order valence-corrected chi connectivity index (χ2v) is 5.64. The zero-order valence-electron chi connectivity index (χ0n) is 11.7. The normalized spacial score (nSPS) is 19.3. The minimum absolute atomic E-state index is 0.563. The predicted molar refractivity (Wildman–Crippen MR) is 84.0 cm³/mol. The number of aromatic nitrogens is 1. The lowest BCUT2D eigenvalue weighted by atomic mass is 9.99. The number of halogens is 1. The summed E-state index contributed by atoms with van der Waals surface area (Å²) in [7, 11) is 1.70. The number of rotatable bonds is 3. The van der Waals surface area contributed by atoms with Gasteiger partial charge in [0.25, 0.3) is 0 Å². The average Bonchev–Trinajstić information content (AvgIpc) is 2.53. The summed E-state index contributed by atoms with van der Waals surface area (Å²) in [6.45, 7) is 2.05. The van der Waals surface area contributed by atoms with E-state index in [9.17, 15) is 0 Å². The van der Waals surface area contributed by atoms with E-state index in [1.165, 1.54) is 18.2 Å². The predicted octanol–water partition coefficient (Wildman–Crippen LogP) is 3.70. The summed E-state index contributed by atoms with van der Waals surface area (Å²) >= 11 is 6.03. The summed E-state index contributed by atoms with van der Waals surface area (Å²) in [5.74, 6) is 3.21. The van der Waals surface area contributed by atoms with Gasteiger partial charge in [-0.05, 0) is 42.3 Å². The highest BCUT2D eigenvalue weighted by molar-refractivity contribution is 6.18. The third-order valence-corrected chi connectivity index (χ3v) is 4.43. The number of hydrogen-bond donors (Lipinski definition) is 0. The van der Waals surface area contributed by atoms with Gasteiger partial charge >= 0.3 is 0 Å². The number of fused-ring (bicyclic) bond motifs is 1. The van der Waals surface area contributed by atoms with Crippen molar-refractivity contribution in [3.8, 4) is 5.75 Å². The van der Waals surface area contributed by atoms with Crippen LogP contribution >= 0.6 is 11.6 Å². The first-order valence-electron chi connectivity index (χ1n) is 7.05. The molecule has 2 aromatic rings. The van der Waals surface area contributed by atoms with Gasteiger partial charge in [0.2, 0.25) is 0 Å². The lowest BCUT2D eigenvalue weighted by Crippen LogP contribution is -2.36. The molecule has 0 N–H and O–H groups in total. The minimum atomic E-state index is 0.563. The van der Waals surface area contributed by atoms with Crippen molar-refractivity contribution >= 4 is 28.2 Å². The molecule has 1 saturated heterocycles. The molecule has 1 unspecified atom stereocenters. The Morgan fingerprint density at radius 3 is 3.10 bits per heavy atom. The monoisotopic (exact) mass is 290 g/mol. The topological polar surface area (TPSA) is 25.4 Å². The van der Waals surface area contributed by atoms with E-state index in [4.69, 9.17) is 16.3 Å². The maximum Gasteiger partial charge on any atom is 0.136 e. The number of benzene rings is 1. The zero-order valence-corrected chi connectivity index (χ0v) is 12.4. The van der Waals surface area contributed by atoms with Crippen LogP contribution in [0.1, 0.15) is 12.8 Å². The highest BCUT2D eigenvalue weighted by Crippen LogP contribution is 2.31. The van der Waals surface area contributed by atoms with Crippen molar-refractivity contribution in [1.29, 1.82) is 0 Å². The molecule has 1 aliphatic heterocycles. The molecule has 0 amide bonds. The summed E-state index contributed by atoms with van der Waals surface area (Å²) in [6, 6.07) is 8.19. The lowest BCUT2D eigenvalue weighted by molar-refractivity contribution is 0.415. The third kappa shape index (κ3) is 2.55. The molecule has 1 aromatic heterocycles. The van der Waals surface area contributed by atoms with E-state index < -0.39 is 0 Å². The van der Waals surface area contributed by atoms with Crippen molar-refractivity contribution in [3.05, 3.63) is 30.5 Å². The average molecular weight is 291 g/mol. The van der Waals surface area contributed by atoms with Gasteiger partial charge in [-0.3, -0.25) is 0 Å². The number of piperidine rings is 1. The van der Waals surface area contributed by atoms with E-state index in [0.29, 0.717) is 5.92 Å². The fourth-order valence-electron chi connectivity index (χ4n) is 2.89. The van der Waals surface area contributed by atoms with Crippen LogP contribution in [0, 0.1) is 5.92 Å². The molecule has 3 rings (SSSR count). The second kappa shape index (κ2) is 5.88. The largest absolute Gasteiger partial charge is 0.497 e. The van der Waals surface area contributed by atoms with Crippen LogP contribution in [0.25, 0.3) is 10.8 Å². The molecule has 1 aliphatic rings. The smallest absolute Gasteiger partial charge is 0.136 e. The van der Waals surface area contributed by atoms with Crippen molar-refractivity contribution in [2.45, 2.75) is 12.8 Å². The number of anilines is 1. The van der Waals surface area contributed by atoms with Crippen LogP contribution in [0.3, 0.4) is 0 Å². The van der Waals surface area contributed by atoms with Crippen molar-refractivity contribution in [1.82, 2.24) is 4.98 Å². The molecule has 106 valence electrons. The van der Waals surface area contributed by atoms with E-state index >= 15 is 0 Å². The Morgan fingerprint density at radius 2 is 2.30 bits per heavy atom. The van der Waals surface area contributed by atoms with E-state index in [0.717, 1.165) is 35.9 Å². The fourth-order valence-corrected chi connectivity index (χ4v) is 3.15. The maximum atomic E-state index is 6.03. The van der Waals surface area contributed by atoms with Gasteiger partial charge in [0.15, 0.2) is 0 Å². The molecule has 0 bridgehead atoms. The van der Waals surface area contributed by atoms with Gasteiger partial charge in [0.05, 0.1) is 7.11 Å². The van der Waals surface area contributed by atoms with Crippen LogP contribution in [0.5, 0.6) is 5.75 Å². The summed E-state index contributed by atoms with van der Waals surface area (Å²) < 4.78 is 5.34. The first-order valence-corrected chi connectivity index (χ1v) is 7.59. The minimum Gasteiger partial charge on any atom is -0.497 e. The van der Waals surface area contributed by atoms with Gasteiger partial charge in [0, 0.05) is 30.6 Å². The summed E-state index contributed by atoms with van der Waals surface area (Å²) in [5.41, 5.74) is 0. The fraction of sp³-hybridized carbons (Fsp3) is 0.438. The number of methoxy groups -OCH3 is 1. The highest BCUT2D eigenvalue weighted by atomic mass is 35.5. The maximum absolute atomic E-state index is 6.03. The summed E-state index contributed by atoms with van der Waals surface area (Å²) in [6.07, 6.45) is 4.28. The molecule has 4 heteroatoms.